The van der Waals surface area contributed by atoms with Crippen LogP contribution >= 0.6 is 11.8 Å². The summed E-state index contributed by atoms with van der Waals surface area (Å²) < 4.78 is 22.0. The van der Waals surface area contributed by atoms with Crippen molar-refractivity contribution in [1.82, 2.24) is 0 Å². The molecule has 9 heteroatoms. The number of ether oxygens (including phenoxy) is 4. The lowest BCUT2D eigenvalue weighted by Gasteiger charge is -2.41. The molecule has 1 saturated heterocycles. The number of fused-ring (bicyclic) bond motifs is 1. The number of hydrogen-bond donors (Lipinski definition) is 0. The zero-order chi connectivity index (χ0) is 21.0. The van der Waals surface area contributed by atoms with E-state index in [1.807, 2.05) is 30.3 Å². The Bertz CT molecular complexity index is 797. The van der Waals surface area contributed by atoms with Crippen LogP contribution in [-0.2, 0) is 39.8 Å². The van der Waals surface area contributed by atoms with Gasteiger partial charge in [-0.2, -0.15) is 0 Å². The van der Waals surface area contributed by atoms with Crippen molar-refractivity contribution in [2.24, 2.45) is 4.99 Å². The van der Waals surface area contributed by atoms with Crippen LogP contribution in [0.3, 0.4) is 0 Å². The van der Waals surface area contributed by atoms with Gasteiger partial charge in [0.05, 0.1) is 5.04 Å². The van der Waals surface area contributed by atoms with Crippen molar-refractivity contribution in [1.29, 1.82) is 0 Å². The molecule has 29 heavy (non-hydrogen) atoms. The average molecular weight is 421 g/mol. The maximum atomic E-state index is 11.7. The van der Waals surface area contributed by atoms with E-state index in [1.165, 1.54) is 32.5 Å². The van der Waals surface area contributed by atoms with Gasteiger partial charge in [0.2, 0.25) is 0 Å². The lowest BCUT2D eigenvalue weighted by Crippen LogP contribution is -2.59. The van der Waals surface area contributed by atoms with Gasteiger partial charge in [-0.1, -0.05) is 42.1 Å². The molecule has 5 atom stereocenters. The van der Waals surface area contributed by atoms with Crippen LogP contribution in [0.2, 0.25) is 0 Å². The highest BCUT2D eigenvalue weighted by molar-refractivity contribution is 8.14. The lowest BCUT2D eigenvalue weighted by atomic mass is 9.97. The van der Waals surface area contributed by atoms with Crippen LogP contribution in [0.4, 0.5) is 0 Å². The molecule has 0 spiro atoms. The third-order valence-electron chi connectivity index (χ3n) is 4.41. The molecule has 0 radical (unpaired) electrons. The number of hydrogen-bond acceptors (Lipinski definition) is 9. The third-order valence-corrected chi connectivity index (χ3v) is 5.56. The molecule has 0 unspecified atom stereocenters. The Hall–Kier alpha value is -2.39. The minimum atomic E-state index is -0.933. The maximum absolute atomic E-state index is 11.7. The fourth-order valence-corrected chi connectivity index (χ4v) is 4.56. The van der Waals surface area contributed by atoms with E-state index in [1.54, 1.807) is 0 Å². The largest absolute Gasteiger partial charge is 0.463 e. The summed E-state index contributed by atoms with van der Waals surface area (Å²) >= 11 is 1.43. The zero-order valence-electron chi connectivity index (χ0n) is 16.4. The van der Waals surface area contributed by atoms with Crippen molar-refractivity contribution in [3.05, 3.63) is 35.9 Å². The van der Waals surface area contributed by atoms with E-state index in [0.717, 1.165) is 10.6 Å². The number of rotatable bonds is 6. The molecule has 3 rings (SSSR count). The molecular formula is C20H23NO7S. The first-order valence-electron chi connectivity index (χ1n) is 9.24. The Balaban J connectivity index is 1.84. The van der Waals surface area contributed by atoms with Crippen molar-refractivity contribution in [2.45, 2.75) is 57.0 Å². The SMILES string of the molecule is CC(=O)OC[C@H]1O[C@@H]2SC(Cc3ccccc3)=N[C@@H]2[C@@H](OC(C)=O)[C@@H]1OC(C)=O. The summed E-state index contributed by atoms with van der Waals surface area (Å²) in [5, 5.41) is 0.832. The van der Waals surface area contributed by atoms with Crippen molar-refractivity contribution in [2.75, 3.05) is 6.61 Å². The van der Waals surface area contributed by atoms with Gasteiger partial charge in [0.25, 0.3) is 0 Å². The fraction of sp³-hybridized carbons (Fsp3) is 0.500. The number of nitrogens with zero attached hydrogens (tertiary/aromatic N) is 1. The van der Waals surface area contributed by atoms with E-state index in [2.05, 4.69) is 0 Å². The molecule has 0 aromatic heterocycles. The number of thioether (sulfide) groups is 1. The first kappa shape index (κ1) is 21.3. The predicted molar refractivity (Wildman–Crippen MR) is 105 cm³/mol. The minimum Gasteiger partial charge on any atom is -0.463 e. The minimum absolute atomic E-state index is 0.122. The van der Waals surface area contributed by atoms with Crippen molar-refractivity contribution in [3.8, 4) is 0 Å². The molecule has 0 aliphatic carbocycles. The number of carbonyl (C=O) groups excluding carboxylic acids is 3. The highest BCUT2D eigenvalue weighted by Crippen LogP contribution is 2.39. The van der Waals surface area contributed by atoms with Gasteiger partial charge in [0.15, 0.2) is 12.2 Å². The van der Waals surface area contributed by atoms with Crippen molar-refractivity contribution in [3.63, 3.8) is 0 Å². The van der Waals surface area contributed by atoms with Crippen LogP contribution in [-0.4, -0.2) is 59.3 Å². The summed E-state index contributed by atoms with van der Waals surface area (Å²) in [5.41, 5.74) is 0.653. The summed E-state index contributed by atoms with van der Waals surface area (Å²) in [6.07, 6.45) is -1.93. The smallest absolute Gasteiger partial charge is 0.303 e. The molecular weight excluding hydrogens is 398 g/mol. The maximum Gasteiger partial charge on any atom is 0.303 e. The molecule has 1 aromatic carbocycles. The summed E-state index contributed by atoms with van der Waals surface area (Å²) in [6.45, 7) is 3.70. The van der Waals surface area contributed by atoms with Gasteiger partial charge >= 0.3 is 17.9 Å². The Morgan fingerprint density at radius 2 is 1.66 bits per heavy atom. The van der Waals surface area contributed by atoms with Gasteiger partial charge in [0, 0.05) is 27.2 Å². The van der Waals surface area contributed by atoms with Crippen molar-refractivity contribution < 1.29 is 33.3 Å². The van der Waals surface area contributed by atoms with E-state index in [9.17, 15) is 14.4 Å². The Kier molecular flexibility index (Phi) is 6.92. The molecule has 1 fully saturated rings. The van der Waals surface area contributed by atoms with E-state index in [0.29, 0.717) is 6.42 Å². The van der Waals surface area contributed by atoms with Crippen molar-refractivity contribution >= 4 is 34.7 Å². The molecule has 8 nitrogen and oxygen atoms in total. The van der Waals surface area contributed by atoms with E-state index in [-0.39, 0.29) is 6.61 Å². The molecule has 0 saturated carbocycles. The summed E-state index contributed by atoms with van der Waals surface area (Å²) in [7, 11) is 0. The monoisotopic (exact) mass is 421 g/mol. The van der Waals surface area contributed by atoms with Gasteiger partial charge in [-0.25, -0.2) is 0 Å². The molecule has 156 valence electrons. The Morgan fingerprint density at radius 3 is 2.28 bits per heavy atom. The fourth-order valence-electron chi connectivity index (χ4n) is 3.31. The van der Waals surface area contributed by atoms with Gasteiger partial charge in [-0.3, -0.25) is 19.4 Å². The highest BCUT2D eigenvalue weighted by Gasteiger charge is 2.53. The number of benzene rings is 1. The quantitative estimate of drug-likeness (QED) is 0.507. The number of carbonyl (C=O) groups is 3. The van der Waals surface area contributed by atoms with Crippen LogP contribution in [0.25, 0.3) is 0 Å². The molecule has 2 aliphatic heterocycles. The molecule has 0 amide bonds. The summed E-state index contributed by atoms with van der Waals surface area (Å²) in [4.78, 5) is 39.4. The van der Waals surface area contributed by atoms with Gasteiger partial charge in [0.1, 0.15) is 24.2 Å². The first-order chi connectivity index (χ1) is 13.8. The Labute approximate surface area is 172 Å². The standard InChI is InChI=1S/C20H23NO7S/c1-11(22)25-10-15-18(26-12(2)23)19(27-13(3)24)17-20(28-15)29-16(21-17)9-14-7-5-4-6-8-14/h4-8,15,17-20H,9-10H2,1-3H3/t15-,17-,18-,19-,20-/m1/s1. The van der Waals surface area contributed by atoms with E-state index >= 15 is 0 Å². The molecule has 0 N–H and O–H groups in total. The van der Waals surface area contributed by atoms with E-state index < -0.39 is 47.7 Å². The van der Waals surface area contributed by atoms with Crippen LogP contribution in [0.1, 0.15) is 26.3 Å². The highest BCUT2D eigenvalue weighted by atomic mass is 32.2. The predicted octanol–water partition coefficient (Wildman–Crippen LogP) is 1.89. The molecule has 2 aliphatic rings. The normalized spacial score (nSPS) is 28.1. The second-order valence-corrected chi connectivity index (χ2v) is 7.96. The van der Waals surface area contributed by atoms with Crippen LogP contribution in [0.15, 0.2) is 35.3 Å². The third kappa shape index (κ3) is 5.57. The summed E-state index contributed by atoms with van der Waals surface area (Å²) in [6, 6.07) is 9.32. The average Bonchev–Trinajstić information content (AvgIpc) is 3.04. The number of esters is 3. The number of aliphatic imine (C=N–C) groups is 1. The van der Waals surface area contributed by atoms with Gasteiger partial charge in [-0.15, -0.1) is 0 Å². The summed E-state index contributed by atoms with van der Waals surface area (Å²) in [5.74, 6) is -1.56. The second-order valence-electron chi connectivity index (χ2n) is 6.79. The van der Waals surface area contributed by atoms with Crippen LogP contribution in [0.5, 0.6) is 0 Å². The molecule has 1 aromatic rings. The second kappa shape index (κ2) is 9.41. The molecule has 2 heterocycles. The topological polar surface area (TPSA) is 100 Å². The van der Waals surface area contributed by atoms with Gasteiger partial charge in [-0.05, 0) is 5.56 Å². The first-order valence-corrected chi connectivity index (χ1v) is 10.1. The van der Waals surface area contributed by atoms with E-state index in [4.69, 9.17) is 23.9 Å². The van der Waals surface area contributed by atoms with Crippen LogP contribution < -0.4 is 0 Å². The Morgan fingerprint density at radius 1 is 1.00 bits per heavy atom. The van der Waals surface area contributed by atoms with Crippen LogP contribution in [0, 0.1) is 0 Å². The zero-order valence-corrected chi connectivity index (χ0v) is 17.2. The van der Waals surface area contributed by atoms with Gasteiger partial charge < -0.3 is 18.9 Å². The lowest BCUT2D eigenvalue weighted by molar-refractivity contribution is -0.208. The molecule has 0 bridgehead atoms.